The predicted octanol–water partition coefficient (Wildman–Crippen LogP) is 2.83. The Labute approximate surface area is 88.2 Å². The maximum Gasteiger partial charge on any atom is 0.141 e. The summed E-state index contributed by atoms with van der Waals surface area (Å²) in [6.45, 7) is 2.04. The van der Waals surface area contributed by atoms with E-state index in [2.05, 4.69) is 0 Å². The van der Waals surface area contributed by atoms with Crippen LogP contribution in [0.4, 0.5) is 0 Å². The second kappa shape index (κ2) is 5.12. The fourth-order valence-electron chi connectivity index (χ4n) is 1.33. The average molecular weight is 214 g/mol. The summed E-state index contributed by atoms with van der Waals surface area (Å²) in [6, 6.07) is 3.78. The predicted molar refractivity (Wildman–Crippen MR) is 57.4 cm³/mol. The monoisotopic (exact) mass is 214 g/mol. The molecule has 0 aliphatic heterocycles. The average Bonchev–Trinajstić information content (AvgIpc) is 2.26. The highest BCUT2D eigenvalue weighted by Crippen LogP contribution is 2.38. The van der Waals surface area contributed by atoms with Gasteiger partial charge in [-0.1, -0.05) is 13.0 Å². The summed E-state index contributed by atoms with van der Waals surface area (Å²) in [4.78, 5) is 0.634. The Bertz CT molecular complexity index is 281. The SMILES string of the molecule is CCc1ccc(OC)c(SO)c1OC. The molecule has 78 valence electrons. The van der Waals surface area contributed by atoms with Crippen molar-refractivity contribution in [1.29, 1.82) is 0 Å². The number of methoxy groups -OCH3 is 2. The molecule has 0 saturated heterocycles. The van der Waals surface area contributed by atoms with E-state index in [1.165, 1.54) is 0 Å². The first-order valence-electron chi connectivity index (χ1n) is 4.33. The topological polar surface area (TPSA) is 38.7 Å². The fourth-order valence-corrected chi connectivity index (χ4v) is 1.87. The molecule has 3 nitrogen and oxygen atoms in total. The minimum absolute atomic E-state index is 0.631. The van der Waals surface area contributed by atoms with Crippen LogP contribution in [0.3, 0.4) is 0 Å². The summed E-state index contributed by atoms with van der Waals surface area (Å²) in [5, 5.41) is 0. The minimum Gasteiger partial charge on any atom is -0.495 e. The molecule has 0 fully saturated rings. The molecule has 0 atom stereocenters. The van der Waals surface area contributed by atoms with E-state index >= 15 is 0 Å². The number of aryl methyl sites for hydroxylation is 1. The lowest BCUT2D eigenvalue weighted by Crippen LogP contribution is -1.95. The van der Waals surface area contributed by atoms with Crippen LogP contribution >= 0.6 is 12.0 Å². The number of benzene rings is 1. The highest BCUT2D eigenvalue weighted by atomic mass is 32.2. The molecule has 0 radical (unpaired) electrons. The quantitative estimate of drug-likeness (QED) is 0.782. The van der Waals surface area contributed by atoms with Gasteiger partial charge in [0.1, 0.15) is 16.4 Å². The van der Waals surface area contributed by atoms with Crippen molar-refractivity contribution < 1.29 is 14.0 Å². The molecule has 1 aromatic carbocycles. The Kier molecular flexibility index (Phi) is 4.10. The molecule has 0 aliphatic carbocycles. The van der Waals surface area contributed by atoms with E-state index in [0.29, 0.717) is 28.4 Å². The second-order valence-corrected chi connectivity index (χ2v) is 3.32. The Morgan fingerprint density at radius 1 is 1.29 bits per heavy atom. The van der Waals surface area contributed by atoms with E-state index in [-0.39, 0.29) is 0 Å². The summed E-state index contributed by atoms with van der Waals surface area (Å²) in [7, 11) is 3.16. The van der Waals surface area contributed by atoms with E-state index in [9.17, 15) is 0 Å². The van der Waals surface area contributed by atoms with Crippen LogP contribution in [0.25, 0.3) is 0 Å². The third-order valence-corrected chi connectivity index (χ3v) is 2.62. The molecule has 0 aromatic heterocycles. The lowest BCUT2D eigenvalue weighted by atomic mass is 10.1. The van der Waals surface area contributed by atoms with Crippen LogP contribution in [-0.2, 0) is 6.42 Å². The smallest absolute Gasteiger partial charge is 0.141 e. The van der Waals surface area contributed by atoms with Gasteiger partial charge in [0.2, 0.25) is 0 Å². The molecule has 0 amide bonds. The first-order chi connectivity index (χ1) is 6.78. The van der Waals surface area contributed by atoms with Crippen LogP contribution in [-0.4, -0.2) is 18.8 Å². The van der Waals surface area contributed by atoms with Gasteiger partial charge in [-0.2, -0.15) is 0 Å². The molecular weight excluding hydrogens is 200 g/mol. The normalized spacial score (nSPS) is 10.0. The number of hydrogen-bond acceptors (Lipinski definition) is 4. The maximum atomic E-state index is 9.14. The van der Waals surface area contributed by atoms with Crippen molar-refractivity contribution in [3.8, 4) is 11.5 Å². The van der Waals surface area contributed by atoms with Crippen LogP contribution in [0.15, 0.2) is 17.0 Å². The molecule has 0 bridgehead atoms. The summed E-state index contributed by atoms with van der Waals surface area (Å²) >= 11 is 0.651. The summed E-state index contributed by atoms with van der Waals surface area (Å²) in [6.07, 6.45) is 0.862. The lowest BCUT2D eigenvalue weighted by Gasteiger charge is -2.13. The molecule has 4 heteroatoms. The Balaban J connectivity index is 3.28. The van der Waals surface area contributed by atoms with Gasteiger partial charge in [0.05, 0.1) is 14.2 Å². The van der Waals surface area contributed by atoms with Crippen molar-refractivity contribution in [2.45, 2.75) is 18.2 Å². The fraction of sp³-hybridized carbons (Fsp3) is 0.400. The van der Waals surface area contributed by atoms with Gasteiger partial charge >= 0.3 is 0 Å². The highest BCUT2D eigenvalue weighted by Gasteiger charge is 2.13. The van der Waals surface area contributed by atoms with Gasteiger partial charge in [-0.15, -0.1) is 0 Å². The van der Waals surface area contributed by atoms with Crippen molar-refractivity contribution in [2.24, 2.45) is 0 Å². The van der Waals surface area contributed by atoms with Gasteiger partial charge in [0, 0.05) is 12.0 Å². The zero-order valence-electron chi connectivity index (χ0n) is 8.53. The van der Waals surface area contributed by atoms with Crippen molar-refractivity contribution >= 4 is 12.0 Å². The largest absolute Gasteiger partial charge is 0.495 e. The van der Waals surface area contributed by atoms with E-state index in [1.54, 1.807) is 14.2 Å². The van der Waals surface area contributed by atoms with Crippen molar-refractivity contribution in [2.75, 3.05) is 14.2 Å². The van der Waals surface area contributed by atoms with E-state index in [0.717, 1.165) is 12.0 Å². The first-order valence-corrected chi connectivity index (χ1v) is 5.11. The van der Waals surface area contributed by atoms with Crippen LogP contribution in [0, 0.1) is 0 Å². The molecule has 0 unspecified atom stereocenters. The maximum absolute atomic E-state index is 9.14. The van der Waals surface area contributed by atoms with Crippen LogP contribution in [0.5, 0.6) is 11.5 Å². The molecule has 0 aliphatic rings. The van der Waals surface area contributed by atoms with Crippen molar-refractivity contribution in [3.63, 3.8) is 0 Å². The minimum atomic E-state index is 0.631. The zero-order valence-corrected chi connectivity index (χ0v) is 9.35. The van der Waals surface area contributed by atoms with E-state index in [1.807, 2.05) is 19.1 Å². The second-order valence-electron chi connectivity index (χ2n) is 2.73. The number of rotatable bonds is 4. The Morgan fingerprint density at radius 2 is 2.00 bits per heavy atom. The van der Waals surface area contributed by atoms with Gasteiger partial charge in [-0.05, 0) is 18.1 Å². The van der Waals surface area contributed by atoms with Crippen LogP contribution < -0.4 is 9.47 Å². The Hall–Kier alpha value is -0.870. The molecule has 1 rings (SSSR count). The molecular formula is C10H14O3S. The number of hydrogen-bond donors (Lipinski definition) is 1. The third kappa shape index (κ3) is 1.96. The van der Waals surface area contributed by atoms with E-state index in [4.69, 9.17) is 14.0 Å². The molecule has 0 spiro atoms. The lowest BCUT2D eigenvalue weighted by molar-refractivity contribution is 0.372. The molecule has 14 heavy (non-hydrogen) atoms. The van der Waals surface area contributed by atoms with Crippen molar-refractivity contribution in [1.82, 2.24) is 0 Å². The Morgan fingerprint density at radius 3 is 2.43 bits per heavy atom. The highest BCUT2D eigenvalue weighted by molar-refractivity contribution is 7.94. The summed E-state index contributed by atoms with van der Waals surface area (Å²) in [5.41, 5.74) is 1.06. The molecule has 0 heterocycles. The molecule has 0 saturated carbocycles. The van der Waals surface area contributed by atoms with Gasteiger partial charge in [-0.3, -0.25) is 0 Å². The van der Waals surface area contributed by atoms with E-state index < -0.39 is 0 Å². The van der Waals surface area contributed by atoms with Gasteiger partial charge < -0.3 is 14.0 Å². The zero-order chi connectivity index (χ0) is 10.6. The van der Waals surface area contributed by atoms with Crippen molar-refractivity contribution in [3.05, 3.63) is 17.7 Å². The van der Waals surface area contributed by atoms with Crippen LogP contribution in [0.2, 0.25) is 0 Å². The summed E-state index contributed by atoms with van der Waals surface area (Å²) in [5.74, 6) is 1.32. The first kappa shape index (κ1) is 11.2. The standard InChI is InChI=1S/C10H14O3S/c1-4-7-5-6-8(12-2)10(14-11)9(7)13-3/h5-6,11H,4H2,1-3H3. The number of ether oxygens (including phenoxy) is 2. The van der Waals surface area contributed by atoms with Gasteiger partial charge in [-0.25, -0.2) is 0 Å². The molecule has 1 N–H and O–H groups in total. The molecule has 1 aromatic rings. The third-order valence-electron chi connectivity index (χ3n) is 2.05. The van der Waals surface area contributed by atoms with Gasteiger partial charge in [0.15, 0.2) is 0 Å². The summed E-state index contributed by atoms with van der Waals surface area (Å²) < 4.78 is 19.5. The van der Waals surface area contributed by atoms with Crippen LogP contribution in [0.1, 0.15) is 12.5 Å². The van der Waals surface area contributed by atoms with Gasteiger partial charge in [0.25, 0.3) is 0 Å².